The molecule has 6 unspecified atom stereocenters. The lowest BCUT2D eigenvalue weighted by Crippen LogP contribution is -2.29. The van der Waals surface area contributed by atoms with Gasteiger partial charge in [-0.15, -0.1) is 0 Å². The minimum atomic E-state index is -4.57. The molecule has 6 atom stereocenters. The van der Waals surface area contributed by atoms with Crippen molar-refractivity contribution in [1.29, 1.82) is 0 Å². The molecule has 5 rings (SSSR count). The molecule has 2 aromatic heterocycles. The molecule has 0 bridgehead atoms. The van der Waals surface area contributed by atoms with Gasteiger partial charge in [0.1, 0.15) is 18.1 Å². The van der Waals surface area contributed by atoms with E-state index in [1.807, 2.05) is 6.92 Å². The van der Waals surface area contributed by atoms with Crippen LogP contribution in [0, 0.1) is 17.3 Å². The van der Waals surface area contributed by atoms with Gasteiger partial charge in [-0.1, -0.05) is 6.92 Å². The highest BCUT2D eigenvalue weighted by molar-refractivity contribution is 7.46. The zero-order valence-electron chi connectivity index (χ0n) is 13.8. The summed E-state index contributed by atoms with van der Waals surface area (Å²) in [6.07, 6.45) is 2.36. The van der Waals surface area contributed by atoms with Gasteiger partial charge in [0.2, 0.25) is 0 Å². The molecule has 5 N–H and O–H groups in total. The van der Waals surface area contributed by atoms with Gasteiger partial charge in [-0.3, -0.25) is 9.09 Å². The summed E-state index contributed by atoms with van der Waals surface area (Å²) in [7, 11) is -4.57. The Morgan fingerprint density at radius 1 is 1.46 bits per heavy atom. The van der Waals surface area contributed by atoms with Crippen LogP contribution in [-0.4, -0.2) is 52.7 Å². The van der Waals surface area contributed by atoms with Crippen LogP contribution in [0.4, 0.5) is 5.82 Å². The predicted molar refractivity (Wildman–Crippen MR) is 86.3 cm³/mol. The number of phosphoric ester groups is 1. The molecule has 3 aliphatic rings. The maximum Gasteiger partial charge on any atom is 0.469 e. The van der Waals surface area contributed by atoms with Crippen molar-refractivity contribution in [2.75, 3.05) is 12.3 Å². The van der Waals surface area contributed by atoms with E-state index in [0.717, 1.165) is 0 Å². The molecule has 3 fully saturated rings. The van der Waals surface area contributed by atoms with Crippen LogP contribution >= 0.6 is 7.82 Å². The van der Waals surface area contributed by atoms with Crippen molar-refractivity contribution in [2.24, 2.45) is 17.3 Å². The van der Waals surface area contributed by atoms with Crippen molar-refractivity contribution in [3.05, 3.63) is 12.7 Å². The summed E-state index contributed by atoms with van der Waals surface area (Å²) in [5.41, 5.74) is 5.31. The van der Waals surface area contributed by atoms with Crippen LogP contribution in [0.5, 0.6) is 0 Å². The van der Waals surface area contributed by atoms with Crippen LogP contribution in [0.2, 0.25) is 0 Å². The number of imidazole rings is 1. The first-order valence-corrected chi connectivity index (χ1v) is 9.74. The van der Waals surface area contributed by atoms with E-state index in [1.54, 1.807) is 10.9 Å². The number of anilines is 1. The van der Waals surface area contributed by atoms with Gasteiger partial charge >= 0.3 is 7.82 Å². The van der Waals surface area contributed by atoms with Crippen LogP contribution in [0.3, 0.4) is 0 Å². The van der Waals surface area contributed by atoms with Crippen LogP contribution in [-0.2, 0) is 13.8 Å². The quantitative estimate of drug-likeness (QED) is 0.519. The second kappa shape index (κ2) is 4.80. The molecule has 3 heterocycles. The molecule has 2 aliphatic carbocycles. The molecule has 0 aromatic carbocycles. The topological polar surface area (TPSA) is 166 Å². The molecule has 140 valence electrons. The number of nitrogens with zero attached hydrogens (tertiary/aromatic N) is 4. The van der Waals surface area contributed by atoms with E-state index in [0.29, 0.717) is 17.6 Å². The molecule has 2 saturated carbocycles. The number of ether oxygens (including phenoxy) is 1. The van der Waals surface area contributed by atoms with E-state index in [-0.39, 0.29) is 30.4 Å². The normalized spacial score (nSPS) is 40.9. The number of rotatable bonds is 4. The summed E-state index contributed by atoms with van der Waals surface area (Å²) >= 11 is 0. The van der Waals surface area contributed by atoms with E-state index in [4.69, 9.17) is 20.3 Å². The first-order valence-electron chi connectivity index (χ1n) is 8.21. The van der Waals surface area contributed by atoms with Crippen molar-refractivity contribution in [1.82, 2.24) is 19.5 Å². The molecule has 1 spiro atoms. The summed E-state index contributed by atoms with van der Waals surface area (Å²) in [5.74, 6) is -0.0591. The Bertz CT molecular complexity index is 962. The van der Waals surface area contributed by atoms with E-state index in [2.05, 4.69) is 19.5 Å². The maximum atomic E-state index is 11.1. The molecule has 0 radical (unpaired) electrons. The lowest BCUT2D eigenvalue weighted by atomic mass is 10.1. The Hall–Kier alpha value is -1.62. The number of hydrogen-bond acceptors (Lipinski definition) is 8. The van der Waals surface area contributed by atoms with Crippen LogP contribution in [0.25, 0.3) is 11.2 Å². The summed E-state index contributed by atoms with van der Waals surface area (Å²) in [4.78, 5) is 30.2. The number of hydrogen-bond donors (Lipinski definition) is 4. The highest BCUT2D eigenvalue weighted by atomic mass is 31.2. The molecule has 2 aromatic rings. The minimum absolute atomic E-state index is 0.0511. The highest BCUT2D eigenvalue weighted by Gasteiger charge is 2.93. The second-order valence-electron chi connectivity index (χ2n) is 7.27. The van der Waals surface area contributed by atoms with Crippen molar-refractivity contribution >= 4 is 24.8 Å². The molecule has 0 amide bonds. The van der Waals surface area contributed by atoms with Crippen molar-refractivity contribution in [3.63, 3.8) is 0 Å². The van der Waals surface area contributed by atoms with Gasteiger partial charge in [-0.25, -0.2) is 19.5 Å². The largest absolute Gasteiger partial charge is 0.469 e. The summed E-state index contributed by atoms with van der Waals surface area (Å²) in [6, 6.07) is 0. The van der Waals surface area contributed by atoms with Gasteiger partial charge < -0.3 is 25.4 Å². The first-order chi connectivity index (χ1) is 12.2. The predicted octanol–water partition coefficient (Wildman–Crippen LogP) is -0.198. The SMILES string of the molecule is CC1C2(O)CC(n3cnc4c(N)ncnc43)OC3C(COP(=O)(O)O)C312. The summed E-state index contributed by atoms with van der Waals surface area (Å²) in [5, 5.41) is 11.1. The van der Waals surface area contributed by atoms with Crippen LogP contribution in [0.1, 0.15) is 19.6 Å². The molecule has 11 nitrogen and oxygen atoms in total. The number of nitrogens with two attached hydrogens (primary N) is 1. The second-order valence-corrected chi connectivity index (χ2v) is 8.51. The fourth-order valence-electron chi connectivity index (χ4n) is 5.05. The fourth-order valence-corrected chi connectivity index (χ4v) is 5.40. The minimum Gasteiger partial charge on any atom is -0.389 e. The van der Waals surface area contributed by atoms with Crippen molar-refractivity contribution in [2.45, 2.75) is 31.3 Å². The molecule has 12 heteroatoms. The van der Waals surface area contributed by atoms with Crippen LogP contribution in [0.15, 0.2) is 12.7 Å². The summed E-state index contributed by atoms with van der Waals surface area (Å²) in [6.45, 7) is 1.76. The van der Waals surface area contributed by atoms with Gasteiger partial charge in [0.15, 0.2) is 11.5 Å². The molecular weight excluding hydrogens is 365 g/mol. The lowest BCUT2D eigenvalue weighted by Gasteiger charge is -2.26. The van der Waals surface area contributed by atoms with Gasteiger partial charge in [0.05, 0.1) is 24.6 Å². The molecule has 1 saturated heterocycles. The standard InChI is InChI=1S/C14H18N5O6P/c1-6-13(20)2-8(19-5-18-9-11(15)16-4-17-12(9)19)25-10-7(14(6,10)13)3-24-26(21,22)23/h4-8,10,20H,2-3H2,1H3,(H2,15,16,17)(H2,21,22,23). The van der Waals surface area contributed by atoms with E-state index < -0.39 is 25.1 Å². The lowest BCUT2D eigenvalue weighted by molar-refractivity contribution is -0.0903. The molecular formula is C14H18N5O6P. The average molecular weight is 383 g/mol. The molecule has 1 aliphatic heterocycles. The third-order valence-corrected chi connectivity index (χ3v) is 6.83. The van der Waals surface area contributed by atoms with E-state index >= 15 is 0 Å². The highest BCUT2D eigenvalue weighted by Crippen LogP contribution is 2.85. The number of aliphatic hydroxyl groups is 1. The Kier molecular flexibility index (Phi) is 3.06. The van der Waals surface area contributed by atoms with Gasteiger partial charge in [0.25, 0.3) is 0 Å². The van der Waals surface area contributed by atoms with Crippen molar-refractivity contribution in [3.8, 4) is 0 Å². The van der Waals surface area contributed by atoms with Gasteiger partial charge in [-0.05, 0) is 5.92 Å². The number of nitrogen functional groups attached to an aromatic ring is 1. The zero-order chi connectivity index (χ0) is 18.5. The fraction of sp³-hybridized carbons (Fsp3) is 0.643. The third-order valence-electron chi connectivity index (χ3n) is 6.35. The van der Waals surface area contributed by atoms with Crippen molar-refractivity contribution < 1.29 is 28.7 Å². The maximum absolute atomic E-state index is 11.1. The first kappa shape index (κ1) is 16.5. The van der Waals surface area contributed by atoms with E-state index in [1.165, 1.54) is 6.33 Å². The Balaban J connectivity index is 1.45. The number of fused-ring (bicyclic) bond motifs is 1. The Morgan fingerprint density at radius 3 is 2.96 bits per heavy atom. The Labute approximate surface area is 147 Å². The van der Waals surface area contributed by atoms with Crippen LogP contribution < -0.4 is 5.73 Å². The monoisotopic (exact) mass is 383 g/mol. The molecule has 26 heavy (non-hydrogen) atoms. The Morgan fingerprint density at radius 2 is 2.23 bits per heavy atom. The van der Waals surface area contributed by atoms with Gasteiger partial charge in [-0.2, -0.15) is 0 Å². The number of phosphoric acid groups is 1. The number of aromatic nitrogens is 4. The summed E-state index contributed by atoms with van der Waals surface area (Å²) < 4.78 is 23.5. The zero-order valence-corrected chi connectivity index (χ0v) is 14.7. The smallest absolute Gasteiger partial charge is 0.389 e. The average Bonchev–Trinajstić information content (AvgIpc) is 3.23. The third kappa shape index (κ3) is 1.90. The van der Waals surface area contributed by atoms with E-state index in [9.17, 15) is 9.67 Å². The van der Waals surface area contributed by atoms with Gasteiger partial charge in [0, 0.05) is 17.8 Å².